The first-order valence-corrected chi connectivity index (χ1v) is 7.90. The van der Waals surface area contributed by atoms with E-state index in [0.29, 0.717) is 0 Å². The van der Waals surface area contributed by atoms with Gasteiger partial charge in [0, 0.05) is 0 Å². The highest BCUT2D eigenvalue weighted by atomic mass is 32.2. The molecule has 0 aliphatic heterocycles. The molecule has 1 heteroatoms. The quantitative estimate of drug-likeness (QED) is 0.454. The Morgan fingerprint density at radius 1 is 0.867 bits per heavy atom. The van der Waals surface area contributed by atoms with E-state index in [9.17, 15) is 0 Å². The van der Waals surface area contributed by atoms with Gasteiger partial charge in [-0.05, 0) is 36.2 Å². The van der Waals surface area contributed by atoms with Crippen LogP contribution in [0.5, 0.6) is 0 Å². The van der Waals surface area contributed by atoms with Crippen LogP contribution in [0.4, 0.5) is 0 Å². The van der Waals surface area contributed by atoms with Gasteiger partial charge in [0.25, 0.3) is 0 Å². The number of rotatable bonds is 10. The summed E-state index contributed by atoms with van der Waals surface area (Å²) in [5.41, 5.74) is 0. The fraction of sp³-hybridized carbons (Fsp3) is 1.00. The molecule has 15 heavy (non-hydrogen) atoms. The molecule has 0 aromatic heterocycles. The molecule has 0 saturated heterocycles. The summed E-state index contributed by atoms with van der Waals surface area (Å²) in [6, 6.07) is 0. The fourth-order valence-electron chi connectivity index (χ4n) is 1.65. The molecular weight excluding hydrogens is 200 g/mol. The summed E-state index contributed by atoms with van der Waals surface area (Å²) in [5, 5.41) is 0. The molecule has 0 nitrogen and oxygen atoms in total. The van der Waals surface area contributed by atoms with Crippen LogP contribution >= 0.6 is 11.8 Å². The van der Waals surface area contributed by atoms with Crippen LogP contribution in [0.3, 0.4) is 0 Å². The molecule has 0 aromatic rings. The van der Waals surface area contributed by atoms with Crippen molar-refractivity contribution in [1.29, 1.82) is 0 Å². The van der Waals surface area contributed by atoms with Crippen molar-refractivity contribution in [3.05, 3.63) is 0 Å². The van der Waals surface area contributed by atoms with Crippen LogP contribution in [-0.2, 0) is 0 Å². The molecule has 0 bridgehead atoms. The summed E-state index contributed by atoms with van der Waals surface area (Å²) in [6.07, 6.45) is 8.44. The monoisotopic (exact) mass is 230 g/mol. The number of thioether (sulfide) groups is 1. The Balaban J connectivity index is 3.15. The molecular formula is C14H30S. The van der Waals surface area contributed by atoms with Gasteiger partial charge in [-0.15, -0.1) is 0 Å². The zero-order valence-electron chi connectivity index (χ0n) is 11.2. The minimum Gasteiger partial charge on any atom is -0.162 e. The third-order valence-electron chi connectivity index (χ3n) is 2.88. The van der Waals surface area contributed by atoms with Gasteiger partial charge >= 0.3 is 0 Å². The van der Waals surface area contributed by atoms with E-state index in [1.165, 1.54) is 50.0 Å². The lowest BCUT2D eigenvalue weighted by atomic mass is 9.98. The Hall–Kier alpha value is 0.350. The van der Waals surface area contributed by atoms with Crippen molar-refractivity contribution >= 4 is 11.8 Å². The molecule has 0 heterocycles. The summed E-state index contributed by atoms with van der Waals surface area (Å²) in [6.45, 7) is 9.34. The molecule has 1 unspecified atom stereocenters. The van der Waals surface area contributed by atoms with Crippen LogP contribution in [0.2, 0.25) is 0 Å². The molecule has 0 rings (SSSR count). The lowest BCUT2D eigenvalue weighted by molar-refractivity contribution is 0.451. The molecule has 1 atom stereocenters. The minimum absolute atomic E-state index is 0.885. The molecule has 92 valence electrons. The van der Waals surface area contributed by atoms with Crippen molar-refractivity contribution in [2.45, 2.75) is 66.2 Å². The second kappa shape index (κ2) is 10.9. The van der Waals surface area contributed by atoms with Crippen molar-refractivity contribution in [2.75, 3.05) is 11.5 Å². The Morgan fingerprint density at radius 2 is 1.60 bits per heavy atom. The second-order valence-corrected chi connectivity index (χ2v) is 6.41. The third-order valence-corrected chi connectivity index (χ3v) is 3.98. The summed E-state index contributed by atoms with van der Waals surface area (Å²) in [4.78, 5) is 0. The van der Waals surface area contributed by atoms with Crippen LogP contribution in [0.25, 0.3) is 0 Å². The highest BCUT2D eigenvalue weighted by Gasteiger charge is 2.02. The molecule has 0 fully saturated rings. The Kier molecular flexibility index (Phi) is 11.1. The van der Waals surface area contributed by atoms with E-state index in [4.69, 9.17) is 0 Å². The minimum atomic E-state index is 0.885. The number of hydrogen-bond donors (Lipinski definition) is 0. The van der Waals surface area contributed by atoms with Crippen molar-refractivity contribution < 1.29 is 0 Å². The first kappa shape index (κ1) is 15.3. The van der Waals surface area contributed by atoms with Crippen molar-refractivity contribution in [2.24, 2.45) is 11.8 Å². The van der Waals surface area contributed by atoms with Gasteiger partial charge in [-0.2, -0.15) is 11.8 Å². The van der Waals surface area contributed by atoms with E-state index in [1.807, 2.05) is 0 Å². The Labute approximate surface area is 102 Å². The summed E-state index contributed by atoms with van der Waals surface area (Å²) >= 11 is 2.15. The molecule has 0 aliphatic carbocycles. The van der Waals surface area contributed by atoms with Gasteiger partial charge in [-0.3, -0.25) is 0 Å². The van der Waals surface area contributed by atoms with Gasteiger partial charge < -0.3 is 0 Å². The van der Waals surface area contributed by atoms with Gasteiger partial charge in [-0.1, -0.05) is 53.4 Å². The average Bonchev–Trinajstić information content (AvgIpc) is 2.17. The molecule has 0 N–H and O–H groups in total. The van der Waals surface area contributed by atoms with Gasteiger partial charge in [0.2, 0.25) is 0 Å². The van der Waals surface area contributed by atoms with Gasteiger partial charge in [0.05, 0.1) is 0 Å². The third kappa shape index (κ3) is 12.3. The number of unbranched alkanes of at least 4 members (excludes halogenated alkanes) is 1. The van der Waals surface area contributed by atoms with E-state index in [0.717, 1.165) is 11.8 Å². The predicted molar refractivity (Wildman–Crippen MR) is 74.7 cm³/mol. The lowest BCUT2D eigenvalue weighted by Crippen LogP contribution is -1.98. The SMILES string of the molecule is CCCCSCCC(C)CCCC(C)C. The second-order valence-electron chi connectivity index (χ2n) is 5.18. The van der Waals surface area contributed by atoms with Crippen LogP contribution in [0.15, 0.2) is 0 Å². The first-order chi connectivity index (χ1) is 7.16. The molecule has 0 radical (unpaired) electrons. The standard InChI is InChI=1S/C14H30S/c1-5-6-11-15-12-10-14(4)9-7-8-13(2)3/h13-14H,5-12H2,1-4H3. The highest BCUT2D eigenvalue weighted by molar-refractivity contribution is 7.99. The van der Waals surface area contributed by atoms with Gasteiger partial charge in [0.1, 0.15) is 0 Å². The van der Waals surface area contributed by atoms with Crippen molar-refractivity contribution in [3.8, 4) is 0 Å². The van der Waals surface area contributed by atoms with E-state index in [-0.39, 0.29) is 0 Å². The Morgan fingerprint density at radius 3 is 2.20 bits per heavy atom. The van der Waals surface area contributed by atoms with E-state index in [1.54, 1.807) is 0 Å². The highest BCUT2D eigenvalue weighted by Crippen LogP contribution is 2.17. The van der Waals surface area contributed by atoms with Crippen LogP contribution < -0.4 is 0 Å². The van der Waals surface area contributed by atoms with E-state index in [2.05, 4.69) is 39.5 Å². The fourth-order valence-corrected chi connectivity index (χ4v) is 2.92. The largest absolute Gasteiger partial charge is 0.162 e. The average molecular weight is 230 g/mol. The van der Waals surface area contributed by atoms with Crippen LogP contribution in [0, 0.1) is 11.8 Å². The lowest BCUT2D eigenvalue weighted by Gasteiger charge is -2.11. The maximum atomic E-state index is 2.42. The maximum Gasteiger partial charge on any atom is -0.00650 e. The smallest absolute Gasteiger partial charge is 0.00650 e. The molecule has 0 aliphatic rings. The van der Waals surface area contributed by atoms with Crippen molar-refractivity contribution in [1.82, 2.24) is 0 Å². The topological polar surface area (TPSA) is 0 Å². The van der Waals surface area contributed by atoms with Crippen LogP contribution in [-0.4, -0.2) is 11.5 Å². The molecule has 0 aromatic carbocycles. The Bertz CT molecular complexity index is 121. The maximum absolute atomic E-state index is 2.42. The summed E-state index contributed by atoms with van der Waals surface area (Å²) in [5.74, 6) is 4.58. The summed E-state index contributed by atoms with van der Waals surface area (Å²) < 4.78 is 0. The van der Waals surface area contributed by atoms with Crippen LogP contribution in [0.1, 0.15) is 66.2 Å². The number of hydrogen-bond acceptors (Lipinski definition) is 1. The molecule has 0 saturated carbocycles. The molecule has 0 amide bonds. The van der Waals surface area contributed by atoms with Gasteiger partial charge in [-0.25, -0.2) is 0 Å². The van der Waals surface area contributed by atoms with Gasteiger partial charge in [0.15, 0.2) is 0 Å². The zero-order chi connectivity index (χ0) is 11.5. The van der Waals surface area contributed by atoms with Crippen molar-refractivity contribution in [3.63, 3.8) is 0 Å². The van der Waals surface area contributed by atoms with E-state index >= 15 is 0 Å². The predicted octanol–water partition coefficient (Wildman–Crippen LogP) is 5.37. The summed E-state index contributed by atoms with van der Waals surface area (Å²) in [7, 11) is 0. The first-order valence-electron chi connectivity index (χ1n) is 6.74. The van der Waals surface area contributed by atoms with E-state index < -0.39 is 0 Å². The zero-order valence-corrected chi connectivity index (χ0v) is 12.0. The molecule has 0 spiro atoms. The normalized spacial score (nSPS) is 13.4.